The van der Waals surface area contributed by atoms with Gasteiger partial charge in [0.15, 0.2) is 15.5 Å². The highest BCUT2D eigenvalue weighted by Crippen LogP contribution is 2.36. The number of benzene rings is 1. The van der Waals surface area contributed by atoms with Crippen LogP contribution in [0.3, 0.4) is 0 Å². The van der Waals surface area contributed by atoms with Gasteiger partial charge in [-0.2, -0.15) is 4.98 Å². The minimum absolute atomic E-state index is 0.0727. The van der Waals surface area contributed by atoms with Gasteiger partial charge < -0.3 is 9.80 Å². The number of carbonyl (C=O) groups excluding carboxylic acids is 1. The molecule has 4 aromatic rings. The molecule has 1 aliphatic heterocycles. The summed E-state index contributed by atoms with van der Waals surface area (Å²) in [6, 6.07) is 7.66. The topological polar surface area (TPSA) is 118 Å². The fourth-order valence-corrected chi connectivity index (χ4v) is 7.63. The SMILES string of the molecule is C=CC(=O)N1CCN(c2nc(=O)n(-c3cnccc3S(=O)(=O)C3CCC3)c3nc(-c4ccccc4F)c(F)cc23)[C@@H](C)C1. The molecule has 1 amide bonds. The zero-order valence-electron chi connectivity index (χ0n) is 23.3. The van der Waals surface area contributed by atoms with Crippen molar-refractivity contribution in [2.24, 2.45) is 0 Å². The minimum Gasteiger partial charge on any atom is -0.350 e. The molecule has 0 unspecified atom stereocenters. The van der Waals surface area contributed by atoms with E-state index in [1.54, 1.807) is 9.80 Å². The Balaban J connectivity index is 1.61. The zero-order chi connectivity index (χ0) is 30.5. The molecule has 4 heterocycles. The Kier molecular flexibility index (Phi) is 7.28. The van der Waals surface area contributed by atoms with Gasteiger partial charge in [-0.1, -0.05) is 25.1 Å². The molecule has 3 aromatic heterocycles. The maximum Gasteiger partial charge on any atom is 0.355 e. The van der Waals surface area contributed by atoms with Gasteiger partial charge in [0.1, 0.15) is 23.1 Å². The number of piperazine rings is 1. The Labute approximate surface area is 246 Å². The van der Waals surface area contributed by atoms with Crippen LogP contribution in [0.4, 0.5) is 14.6 Å². The van der Waals surface area contributed by atoms with Crippen molar-refractivity contribution >= 4 is 32.6 Å². The van der Waals surface area contributed by atoms with Crippen LogP contribution in [-0.4, -0.2) is 69.7 Å². The third kappa shape index (κ3) is 4.86. The smallest absolute Gasteiger partial charge is 0.350 e. The molecular formula is C30H28F2N6O4S. The first-order valence-corrected chi connectivity index (χ1v) is 15.4. The van der Waals surface area contributed by atoms with Gasteiger partial charge in [0.2, 0.25) is 5.91 Å². The number of halogens is 2. The molecule has 0 spiro atoms. The first-order valence-electron chi connectivity index (χ1n) is 13.9. The number of amides is 1. The number of hydrogen-bond donors (Lipinski definition) is 0. The van der Waals surface area contributed by atoms with E-state index in [0.29, 0.717) is 25.9 Å². The molecule has 1 aromatic carbocycles. The fourth-order valence-electron chi connectivity index (χ4n) is 5.63. The van der Waals surface area contributed by atoms with Gasteiger partial charge in [0, 0.05) is 37.4 Å². The summed E-state index contributed by atoms with van der Waals surface area (Å²) in [7, 11) is -3.85. The van der Waals surface area contributed by atoms with Crippen molar-refractivity contribution in [3.63, 3.8) is 0 Å². The normalized spacial score (nSPS) is 17.6. The summed E-state index contributed by atoms with van der Waals surface area (Å²) >= 11 is 0. The van der Waals surface area contributed by atoms with E-state index >= 15 is 4.39 Å². The van der Waals surface area contributed by atoms with Gasteiger partial charge in [-0.25, -0.2) is 31.5 Å². The predicted molar refractivity (Wildman–Crippen MR) is 157 cm³/mol. The summed E-state index contributed by atoms with van der Waals surface area (Å²) in [4.78, 5) is 42.2. The number of anilines is 1. The van der Waals surface area contributed by atoms with E-state index in [0.717, 1.165) is 17.1 Å². The highest BCUT2D eigenvalue weighted by atomic mass is 32.2. The third-order valence-electron chi connectivity index (χ3n) is 8.12. The highest BCUT2D eigenvalue weighted by Gasteiger charge is 2.36. The van der Waals surface area contributed by atoms with Gasteiger partial charge in [-0.05, 0) is 50.1 Å². The number of carbonyl (C=O) groups is 1. The largest absolute Gasteiger partial charge is 0.355 e. The minimum atomic E-state index is -3.85. The number of nitrogens with zero attached hydrogens (tertiary/aromatic N) is 6. The van der Waals surface area contributed by atoms with E-state index in [1.807, 2.05) is 6.92 Å². The monoisotopic (exact) mass is 606 g/mol. The van der Waals surface area contributed by atoms with Crippen molar-refractivity contribution in [2.45, 2.75) is 42.4 Å². The Morgan fingerprint density at radius 2 is 1.86 bits per heavy atom. The van der Waals surface area contributed by atoms with E-state index in [2.05, 4.69) is 21.5 Å². The zero-order valence-corrected chi connectivity index (χ0v) is 24.1. The molecule has 10 nitrogen and oxygen atoms in total. The van der Waals surface area contributed by atoms with Crippen molar-refractivity contribution in [3.05, 3.63) is 83.6 Å². The molecule has 13 heteroatoms. The fraction of sp³-hybridized carbons (Fsp3) is 0.300. The summed E-state index contributed by atoms with van der Waals surface area (Å²) in [6.07, 6.45) is 5.56. The van der Waals surface area contributed by atoms with E-state index < -0.39 is 32.4 Å². The number of pyridine rings is 2. The summed E-state index contributed by atoms with van der Waals surface area (Å²) in [5.74, 6) is -1.69. The van der Waals surface area contributed by atoms with Gasteiger partial charge in [0.05, 0.1) is 27.4 Å². The molecule has 1 saturated heterocycles. The molecule has 1 atom stereocenters. The summed E-state index contributed by atoms with van der Waals surface area (Å²) in [5.41, 5.74) is -1.52. The summed E-state index contributed by atoms with van der Waals surface area (Å²) in [6.45, 7) is 6.25. The lowest BCUT2D eigenvalue weighted by molar-refractivity contribution is -0.126. The van der Waals surface area contributed by atoms with Crippen LogP contribution in [0.1, 0.15) is 26.2 Å². The average molecular weight is 607 g/mol. The van der Waals surface area contributed by atoms with E-state index in [9.17, 15) is 22.4 Å². The van der Waals surface area contributed by atoms with Crippen molar-refractivity contribution < 1.29 is 22.0 Å². The standard InChI is InChI=1S/C30H28F2N6O4S/c1-3-26(39)36-13-14-37(18(2)17-36)28-21-15-23(32)27(20-9-4-5-10-22(20)31)34-29(21)38(30(40)35-28)24-16-33-12-11-25(24)43(41,42)19-7-6-8-19/h3-5,9-12,15-16,18-19H,1,6-8,13-14,17H2,2H3/t18-/m0/s1. The van der Waals surface area contributed by atoms with E-state index in [-0.39, 0.29) is 57.2 Å². The van der Waals surface area contributed by atoms with Gasteiger partial charge in [0.25, 0.3) is 0 Å². The summed E-state index contributed by atoms with van der Waals surface area (Å²) < 4.78 is 58.8. The molecule has 222 valence electrons. The van der Waals surface area contributed by atoms with Gasteiger partial charge >= 0.3 is 5.69 Å². The van der Waals surface area contributed by atoms with Crippen molar-refractivity contribution in [1.29, 1.82) is 0 Å². The molecule has 2 fully saturated rings. The lowest BCUT2D eigenvalue weighted by atomic mass is 10.00. The van der Waals surface area contributed by atoms with Crippen LogP contribution in [0.25, 0.3) is 28.0 Å². The van der Waals surface area contributed by atoms with E-state index in [1.165, 1.54) is 48.8 Å². The molecule has 0 radical (unpaired) electrons. The average Bonchev–Trinajstić information content (AvgIpc) is 2.95. The predicted octanol–water partition coefficient (Wildman–Crippen LogP) is 3.67. The van der Waals surface area contributed by atoms with Crippen molar-refractivity contribution in [1.82, 2.24) is 24.4 Å². The highest BCUT2D eigenvalue weighted by molar-refractivity contribution is 7.92. The van der Waals surface area contributed by atoms with Crippen LogP contribution in [0.2, 0.25) is 0 Å². The maximum absolute atomic E-state index is 15.8. The number of hydrogen-bond acceptors (Lipinski definition) is 8. The first-order chi connectivity index (χ1) is 20.6. The molecule has 0 bridgehead atoms. The second-order valence-corrected chi connectivity index (χ2v) is 12.9. The molecule has 1 aliphatic carbocycles. The molecule has 6 rings (SSSR count). The van der Waals surface area contributed by atoms with Crippen LogP contribution in [0.15, 0.2) is 71.1 Å². The van der Waals surface area contributed by atoms with E-state index in [4.69, 9.17) is 0 Å². The molecule has 2 aliphatic rings. The Morgan fingerprint density at radius 1 is 1.09 bits per heavy atom. The van der Waals surface area contributed by atoms with Gasteiger partial charge in [-0.15, -0.1) is 0 Å². The Hall–Kier alpha value is -4.52. The Morgan fingerprint density at radius 3 is 2.53 bits per heavy atom. The Bertz CT molecular complexity index is 1940. The molecule has 0 N–H and O–H groups in total. The van der Waals surface area contributed by atoms with Crippen molar-refractivity contribution in [3.8, 4) is 16.9 Å². The van der Waals surface area contributed by atoms with Crippen LogP contribution in [0, 0.1) is 11.6 Å². The van der Waals surface area contributed by atoms with Crippen LogP contribution < -0.4 is 10.6 Å². The maximum atomic E-state index is 15.8. The summed E-state index contributed by atoms with van der Waals surface area (Å²) in [5, 5.41) is -0.485. The lowest BCUT2D eigenvalue weighted by Gasteiger charge is -2.40. The van der Waals surface area contributed by atoms with Crippen LogP contribution in [-0.2, 0) is 14.6 Å². The number of rotatable bonds is 6. The number of fused-ring (bicyclic) bond motifs is 1. The second-order valence-electron chi connectivity index (χ2n) is 10.7. The molecule has 1 saturated carbocycles. The second kappa shape index (κ2) is 11.0. The van der Waals surface area contributed by atoms with Crippen LogP contribution >= 0.6 is 0 Å². The van der Waals surface area contributed by atoms with Gasteiger partial charge in [-0.3, -0.25) is 9.78 Å². The third-order valence-corrected chi connectivity index (χ3v) is 10.4. The number of aromatic nitrogens is 4. The van der Waals surface area contributed by atoms with Crippen molar-refractivity contribution in [2.75, 3.05) is 24.5 Å². The lowest BCUT2D eigenvalue weighted by Crippen LogP contribution is -2.54. The molecular weight excluding hydrogens is 578 g/mol. The first kappa shape index (κ1) is 28.6. The molecule has 43 heavy (non-hydrogen) atoms. The number of sulfone groups is 1. The van der Waals surface area contributed by atoms with Crippen LogP contribution in [0.5, 0.6) is 0 Å². The quantitative estimate of drug-likeness (QED) is 0.305.